The van der Waals surface area contributed by atoms with Crippen molar-refractivity contribution in [1.29, 1.82) is 0 Å². The number of ether oxygens (including phenoxy) is 1. The summed E-state index contributed by atoms with van der Waals surface area (Å²) >= 11 is 0. The minimum atomic E-state index is -1.14. The molecule has 0 bridgehead atoms. The fourth-order valence-electron chi connectivity index (χ4n) is 1.30. The molecule has 0 amide bonds. The molecule has 5 nitrogen and oxygen atoms in total. The predicted octanol–water partition coefficient (Wildman–Crippen LogP) is -2.15. The van der Waals surface area contributed by atoms with E-state index in [4.69, 9.17) is 14.9 Å². The Labute approximate surface area is 70.2 Å². The molecule has 0 aromatic carbocycles. The van der Waals surface area contributed by atoms with Crippen molar-refractivity contribution in [3.8, 4) is 0 Å². The van der Waals surface area contributed by atoms with Gasteiger partial charge in [-0.15, -0.1) is 0 Å². The lowest BCUT2D eigenvalue weighted by Crippen LogP contribution is -2.40. The summed E-state index contributed by atoms with van der Waals surface area (Å²) in [5.74, 6) is 0. The Morgan fingerprint density at radius 1 is 1.33 bits per heavy atom. The molecule has 12 heavy (non-hydrogen) atoms. The van der Waals surface area contributed by atoms with E-state index in [1.807, 2.05) is 0 Å². The molecular weight excluding hydrogens is 164 g/mol. The molecule has 0 aromatic heterocycles. The standard InChI is InChI=1S/C7H14O5/c1-3-5(10)6(11)7(12-3)4(9)2-8/h3-11H,2H2,1H3/t3-,4+,5+,6+,7+/m0/s1. The van der Waals surface area contributed by atoms with Crippen molar-refractivity contribution in [2.24, 2.45) is 0 Å². The van der Waals surface area contributed by atoms with Gasteiger partial charge in [0.2, 0.25) is 0 Å². The Bertz CT molecular complexity index is 151. The zero-order valence-corrected chi connectivity index (χ0v) is 6.79. The summed E-state index contributed by atoms with van der Waals surface area (Å²) in [5.41, 5.74) is 0. The van der Waals surface area contributed by atoms with Crippen LogP contribution in [0.2, 0.25) is 0 Å². The summed E-state index contributed by atoms with van der Waals surface area (Å²) in [6.45, 7) is 1.11. The fraction of sp³-hybridized carbons (Fsp3) is 1.00. The van der Waals surface area contributed by atoms with E-state index in [9.17, 15) is 10.2 Å². The average Bonchev–Trinajstić information content (AvgIpc) is 2.32. The molecule has 1 saturated heterocycles. The lowest BCUT2D eigenvalue weighted by molar-refractivity contribution is -0.0786. The number of aliphatic hydroxyl groups excluding tert-OH is 4. The van der Waals surface area contributed by atoms with E-state index < -0.39 is 37.1 Å². The van der Waals surface area contributed by atoms with Gasteiger partial charge in [-0.1, -0.05) is 0 Å². The number of rotatable bonds is 2. The van der Waals surface area contributed by atoms with Crippen LogP contribution >= 0.6 is 0 Å². The Morgan fingerprint density at radius 3 is 2.25 bits per heavy atom. The molecule has 1 aliphatic rings. The highest BCUT2D eigenvalue weighted by Gasteiger charge is 2.43. The second kappa shape index (κ2) is 3.68. The second-order valence-corrected chi connectivity index (χ2v) is 3.04. The minimum Gasteiger partial charge on any atom is -0.394 e. The highest BCUT2D eigenvalue weighted by atomic mass is 16.6. The molecule has 5 heteroatoms. The van der Waals surface area contributed by atoms with E-state index in [0.29, 0.717) is 0 Å². The van der Waals surface area contributed by atoms with Gasteiger partial charge in [0.15, 0.2) is 0 Å². The van der Waals surface area contributed by atoms with Gasteiger partial charge < -0.3 is 25.2 Å². The van der Waals surface area contributed by atoms with E-state index in [1.54, 1.807) is 6.92 Å². The van der Waals surface area contributed by atoms with Crippen LogP contribution in [0.5, 0.6) is 0 Å². The SMILES string of the molecule is C[C@@H]1O[C@H]([C@H](O)CO)[C@H](O)[C@@H]1O. The third-order valence-electron chi connectivity index (χ3n) is 2.11. The van der Waals surface area contributed by atoms with Gasteiger partial charge in [0, 0.05) is 0 Å². The van der Waals surface area contributed by atoms with E-state index in [1.165, 1.54) is 0 Å². The number of aliphatic hydroxyl groups is 4. The van der Waals surface area contributed by atoms with Crippen molar-refractivity contribution in [2.75, 3.05) is 6.61 Å². The second-order valence-electron chi connectivity index (χ2n) is 3.04. The number of hydrogen-bond donors (Lipinski definition) is 4. The van der Waals surface area contributed by atoms with Crippen molar-refractivity contribution >= 4 is 0 Å². The lowest BCUT2D eigenvalue weighted by atomic mass is 10.1. The Balaban J connectivity index is 2.58. The van der Waals surface area contributed by atoms with Gasteiger partial charge in [-0.05, 0) is 6.92 Å². The van der Waals surface area contributed by atoms with Crippen molar-refractivity contribution in [3.63, 3.8) is 0 Å². The Hall–Kier alpha value is -0.200. The summed E-state index contributed by atoms with van der Waals surface area (Å²) in [6.07, 6.45) is -4.65. The molecule has 1 aliphatic heterocycles. The third-order valence-corrected chi connectivity index (χ3v) is 2.11. The monoisotopic (exact) mass is 178 g/mol. The van der Waals surface area contributed by atoms with Crippen molar-refractivity contribution < 1.29 is 25.2 Å². The molecule has 4 N–H and O–H groups in total. The maximum atomic E-state index is 9.28. The summed E-state index contributed by atoms with van der Waals surface area (Å²) in [7, 11) is 0. The maximum absolute atomic E-state index is 9.28. The first-order valence-corrected chi connectivity index (χ1v) is 3.88. The van der Waals surface area contributed by atoms with E-state index >= 15 is 0 Å². The van der Waals surface area contributed by atoms with Crippen molar-refractivity contribution in [2.45, 2.75) is 37.4 Å². The molecule has 5 atom stereocenters. The largest absolute Gasteiger partial charge is 0.394 e. The molecule has 1 heterocycles. The van der Waals surface area contributed by atoms with E-state index in [-0.39, 0.29) is 0 Å². The first-order valence-electron chi connectivity index (χ1n) is 3.88. The zero-order valence-electron chi connectivity index (χ0n) is 6.79. The van der Waals surface area contributed by atoms with Gasteiger partial charge in [0.05, 0.1) is 12.7 Å². The van der Waals surface area contributed by atoms with Gasteiger partial charge in [0.25, 0.3) is 0 Å². The van der Waals surface area contributed by atoms with Gasteiger partial charge in [-0.2, -0.15) is 0 Å². The van der Waals surface area contributed by atoms with Crippen molar-refractivity contribution in [3.05, 3.63) is 0 Å². The minimum absolute atomic E-state index is 0.485. The van der Waals surface area contributed by atoms with Gasteiger partial charge in [-0.3, -0.25) is 0 Å². The summed E-state index contributed by atoms with van der Waals surface area (Å²) in [5, 5.41) is 36.2. The number of hydrogen-bond acceptors (Lipinski definition) is 5. The molecule has 0 saturated carbocycles. The topological polar surface area (TPSA) is 90.2 Å². The van der Waals surface area contributed by atoms with E-state index in [0.717, 1.165) is 0 Å². The van der Waals surface area contributed by atoms with E-state index in [2.05, 4.69) is 0 Å². The quantitative estimate of drug-likeness (QED) is 0.387. The van der Waals surface area contributed by atoms with Crippen LogP contribution in [0.15, 0.2) is 0 Å². The average molecular weight is 178 g/mol. The van der Waals surface area contributed by atoms with Crippen LogP contribution in [0.1, 0.15) is 6.92 Å². The molecule has 0 radical (unpaired) electrons. The molecule has 0 aliphatic carbocycles. The molecular formula is C7H14O5. The van der Waals surface area contributed by atoms with Crippen LogP contribution in [-0.2, 0) is 4.74 Å². The maximum Gasteiger partial charge on any atom is 0.115 e. The molecule has 0 aromatic rings. The van der Waals surface area contributed by atoms with Crippen LogP contribution in [0.25, 0.3) is 0 Å². The molecule has 0 unspecified atom stereocenters. The highest BCUT2D eigenvalue weighted by Crippen LogP contribution is 2.22. The summed E-state index contributed by atoms with van der Waals surface area (Å²) in [6, 6.07) is 0. The van der Waals surface area contributed by atoms with Crippen LogP contribution in [0, 0.1) is 0 Å². The molecule has 0 spiro atoms. The van der Waals surface area contributed by atoms with Crippen LogP contribution in [0.4, 0.5) is 0 Å². The smallest absolute Gasteiger partial charge is 0.115 e. The fourth-order valence-corrected chi connectivity index (χ4v) is 1.30. The summed E-state index contributed by atoms with van der Waals surface area (Å²) in [4.78, 5) is 0. The third kappa shape index (κ3) is 1.60. The van der Waals surface area contributed by atoms with Gasteiger partial charge >= 0.3 is 0 Å². The molecule has 1 rings (SSSR count). The van der Waals surface area contributed by atoms with Crippen LogP contribution < -0.4 is 0 Å². The first-order chi connectivity index (χ1) is 5.57. The van der Waals surface area contributed by atoms with Crippen molar-refractivity contribution in [1.82, 2.24) is 0 Å². The molecule has 72 valence electrons. The predicted molar refractivity (Wildman–Crippen MR) is 39.4 cm³/mol. The van der Waals surface area contributed by atoms with Gasteiger partial charge in [-0.25, -0.2) is 0 Å². The zero-order chi connectivity index (χ0) is 9.30. The normalized spacial score (nSPS) is 44.8. The molecule has 1 fully saturated rings. The lowest BCUT2D eigenvalue weighted by Gasteiger charge is -2.18. The van der Waals surface area contributed by atoms with Crippen LogP contribution in [-0.4, -0.2) is 57.6 Å². The highest BCUT2D eigenvalue weighted by molar-refractivity contribution is 4.91. The summed E-state index contributed by atoms with van der Waals surface area (Å²) < 4.78 is 5.03. The van der Waals surface area contributed by atoms with Crippen LogP contribution in [0.3, 0.4) is 0 Å². The first kappa shape index (κ1) is 9.88. The van der Waals surface area contributed by atoms with Gasteiger partial charge in [0.1, 0.15) is 24.4 Å². The Kier molecular flexibility index (Phi) is 3.03. The Morgan fingerprint density at radius 2 is 1.92 bits per heavy atom.